The first-order valence-electron chi connectivity index (χ1n) is 9.02. The second kappa shape index (κ2) is 8.11. The van der Waals surface area contributed by atoms with Crippen molar-refractivity contribution in [1.29, 1.82) is 0 Å². The Kier molecular flexibility index (Phi) is 5.57. The highest BCUT2D eigenvalue weighted by molar-refractivity contribution is 7.99. The molecule has 2 aromatic carbocycles. The van der Waals surface area contributed by atoms with E-state index >= 15 is 0 Å². The zero-order valence-corrected chi connectivity index (χ0v) is 17.9. The van der Waals surface area contributed by atoms with Gasteiger partial charge in [-0.15, -0.1) is 10.2 Å². The number of hydrogen-bond donors (Lipinski definition) is 0. The van der Waals surface area contributed by atoms with E-state index in [2.05, 4.69) is 24.0 Å². The Labute approximate surface area is 176 Å². The number of nitrogens with zero attached hydrogens (tertiary/aromatic N) is 4. The van der Waals surface area contributed by atoms with E-state index in [-0.39, 0.29) is 4.87 Å². The molecule has 0 saturated heterocycles. The summed E-state index contributed by atoms with van der Waals surface area (Å²) in [5.74, 6) is 0.707. The van der Waals surface area contributed by atoms with Crippen LogP contribution in [0.1, 0.15) is 26.1 Å². The van der Waals surface area contributed by atoms with Crippen molar-refractivity contribution in [3.8, 4) is 5.69 Å². The minimum absolute atomic E-state index is 0.00188. The van der Waals surface area contributed by atoms with Gasteiger partial charge in [0.25, 0.3) is 0 Å². The van der Waals surface area contributed by atoms with E-state index in [0.29, 0.717) is 22.6 Å². The van der Waals surface area contributed by atoms with Crippen LogP contribution in [0.2, 0.25) is 5.02 Å². The number of benzene rings is 2. The predicted molar refractivity (Wildman–Crippen MR) is 117 cm³/mol. The highest BCUT2D eigenvalue weighted by Gasteiger charge is 2.19. The molecular weight excluding hydrogens is 412 g/mol. The third-order valence-electron chi connectivity index (χ3n) is 4.52. The molecule has 0 N–H and O–H groups in total. The van der Waals surface area contributed by atoms with Gasteiger partial charge in [-0.05, 0) is 36.8 Å². The third-order valence-corrected chi connectivity index (χ3v) is 6.93. The minimum atomic E-state index is -0.00188. The standard InChI is InChI=1S/C20H19ClN4OS2/c1-3-13(2)27-19-23-22-18(25(19)15-8-6-7-14(21)11-15)12-24-16-9-4-5-10-17(16)28-20(24)26/h4-11,13H,3,12H2,1-2H3/t13-/m1/s1. The molecule has 0 aliphatic rings. The summed E-state index contributed by atoms with van der Waals surface area (Å²) < 4.78 is 4.72. The van der Waals surface area contributed by atoms with Crippen LogP contribution >= 0.6 is 34.7 Å². The number of fused-ring (bicyclic) bond motifs is 1. The highest BCUT2D eigenvalue weighted by atomic mass is 35.5. The van der Waals surface area contributed by atoms with Gasteiger partial charge >= 0.3 is 4.87 Å². The lowest BCUT2D eigenvalue weighted by Gasteiger charge is -2.13. The molecule has 4 aromatic rings. The first-order valence-corrected chi connectivity index (χ1v) is 11.1. The summed E-state index contributed by atoms with van der Waals surface area (Å²) in [4.78, 5) is 12.6. The van der Waals surface area contributed by atoms with Crippen molar-refractivity contribution >= 4 is 44.9 Å². The molecule has 0 bridgehead atoms. The number of rotatable bonds is 6. The van der Waals surface area contributed by atoms with Gasteiger partial charge in [-0.25, -0.2) is 0 Å². The first-order chi connectivity index (χ1) is 13.6. The second-order valence-corrected chi connectivity index (χ2v) is 9.31. The van der Waals surface area contributed by atoms with Gasteiger partial charge in [-0.2, -0.15) is 0 Å². The highest BCUT2D eigenvalue weighted by Crippen LogP contribution is 2.28. The van der Waals surface area contributed by atoms with Crippen LogP contribution in [0.15, 0.2) is 58.5 Å². The lowest BCUT2D eigenvalue weighted by molar-refractivity contribution is 0.725. The lowest BCUT2D eigenvalue weighted by Crippen LogP contribution is -2.17. The largest absolute Gasteiger partial charge is 0.308 e. The molecular formula is C20H19ClN4OS2. The van der Waals surface area contributed by atoms with Gasteiger partial charge in [0.2, 0.25) is 0 Å². The maximum absolute atomic E-state index is 12.6. The number of para-hydroxylation sites is 1. The van der Waals surface area contributed by atoms with E-state index in [9.17, 15) is 4.79 Å². The maximum atomic E-state index is 12.6. The van der Waals surface area contributed by atoms with Crippen LogP contribution < -0.4 is 4.87 Å². The smallest absolute Gasteiger partial charge is 0.291 e. The SMILES string of the molecule is CC[C@@H](C)Sc1nnc(Cn2c(=O)sc3ccccc32)n1-c1cccc(Cl)c1. The fourth-order valence-corrected chi connectivity index (χ4v) is 4.93. The molecule has 0 fully saturated rings. The Bertz CT molecular complexity index is 1180. The van der Waals surface area contributed by atoms with Gasteiger partial charge in [0.1, 0.15) is 0 Å². The summed E-state index contributed by atoms with van der Waals surface area (Å²) in [6.45, 7) is 4.66. The van der Waals surface area contributed by atoms with Crippen LogP contribution in [0.4, 0.5) is 0 Å². The maximum Gasteiger partial charge on any atom is 0.308 e. The van der Waals surface area contributed by atoms with Crippen LogP contribution in [0, 0.1) is 0 Å². The van der Waals surface area contributed by atoms with Crippen molar-refractivity contribution in [2.24, 2.45) is 0 Å². The van der Waals surface area contributed by atoms with Crippen LogP contribution in [0.25, 0.3) is 15.9 Å². The van der Waals surface area contributed by atoms with Crippen LogP contribution in [0.3, 0.4) is 0 Å². The average molecular weight is 431 g/mol. The zero-order valence-electron chi connectivity index (χ0n) is 15.5. The van der Waals surface area contributed by atoms with Gasteiger partial charge in [0.15, 0.2) is 11.0 Å². The Balaban J connectivity index is 1.82. The molecule has 0 saturated carbocycles. The van der Waals surface area contributed by atoms with Crippen molar-refractivity contribution in [2.75, 3.05) is 0 Å². The molecule has 2 heterocycles. The molecule has 0 aliphatic heterocycles. The molecule has 4 rings (SSSR count). The number of thioether (sulfide) groups is 1. The van der Waals surface area contributed by atoms with E-state index < -0.39 is 0 Å². The Morgan fingerprint density at radius 2 is 2.00 bits per heavy atom. The Morgan fingerprint density at radius 3 is 2.79 bits per heavy atom. The third kappa shape index (κ3) is 3.74. The molecule has 2 aromatic heterocycles. The second-order valence-electron chi connectivity index (χ2n) is 6.47. The fourth-order valence-electron chi connectivity index (χ4n) is 2.92. The summed E-state index contributed by atoms with van der Waals surface area (Å²) in [7, 11) is 0. The van der Waals surface area contributed by atoms with E-state index in [1.807, 2.05) is 53.1 Å². The quantitative estimate of drug-likeness (QED) is 0.393. The molecule has 0 radical (unpaired) electrons. The van der Waals surface area contributed by atoms with E-state index in [4.69, 9.17) is 11.6 Å². The fraction of sp³-hybridized carbons (Fsp3) is 0.250. The Morgan fingerprint density at radius 1 is 1.18 bits per heavy atom. The van der Waals surface area contributed by atoms with E-state index in [1.165, 1.54) is 11.3 Å². The molecule has 1 atom stereocenters. The zero-order chi connectivity index (χ0) is 19.7. The molecule has 0 spiro atoms. The normalized spacial score (nSPS) is 12.5. The van der Waals surface area contributed by atoms with Gasteiger partial charge in [-0.1, -0.05) is 66.7 Å². The van der Waals surface area contributed by atoms with Crippen LogP contribution in [0.5, 0.6) is 0 Å². The van der Waals surface area contributed by atoms with Crippen molar-refractivity contribution < 1.29 is 0 Å². The van der Waals surface area contributed by atoms with Crippen molar-refractivity contribution in [3.63, 3.8) is 0 Å². The molecule has 28 heavy (non-hydrogen) atoms. The lowest BCUT2D eigenvalue weighted by atomic mass is 10.3. The monoisotopic (exact) mass is 430 g/mol. The minimum Gasteiger partial charge on any atom is -0.291 e. The first kappa shape index (κ1) is 19.2. The number of aromatic nitrogens is 4. The molecule has 8 heteroatoms. The number of halogens is 1. The topological polar surface area (TPSA) is 52.7 Å². The van der Waals surface area contributed by atoms with Crippen LogP contribution in [-0.2, 0) is 6.54 Å². The summed E-state index contributed by atoms with van der Waals surface area (Å²) in [6.07, 6.45) is 1.02. The molecule has 144 valence electrons. The number of hydrogen-bond acceptors (Lipinski definition) is 5. The van der Waals surface area contributed by atoms with Gasteiger partial charge in [-0.3, -0.25) is 13.9 Å². The molecule has 0 aliphatic carbocycles. The average Bonchev–Trinajstić information content (AvgIpc) is 3.22. The van der Waals surface area contributed by atoms with Crippen molar-refractivity contribution in [1.82, 2.24) is 19.3 Å². The summed E-state index contributed by atoms with van der Waals surface area (Å²) in [5, 5.41) is 10.7. The summed E-state index contributed by atoms with van der Waals surface area (Å²) in [6, 6.07) is 15.4. The summed E-state index contributed by atoms with van der Waals surface area (Å²) >= 11 is 9.15. The summed E-state index contributed by atoms with van der Waals surface area (Å²) in [5.41, 5.74) is 1.81. The van der Waals surface area contributed by atoms with E-state index in [0.717, 1.165) is 27.5 Å². The van der Waals surface area contributed by atoms with Crippen molar-refractivity contribution in [2.45, 2.75) is 37.2 Å². The van der Waals surface area contributed by atoms with E-state index in [1.54, 1.807) is 16.3 Å². The molecule has 0 unspecified atom stereocenters. The number of thiazole rings is 1. The Hall–Kier alpha value is -2.09. The van der Waals surface area contributed by atoms with Gasteiger partial charge in [0, 0.05) is 10.3 Å². The molecule has 5 nitrogen and oxygen atoms in total. The van der Waals surface area contributed by atoms with Gasteiger partial charge in [0.05, 0.1) is 22.4 Å². The van der Waals surface area contributed by atoms with Crippen molar-refractivity contribution in [3.05, 3.63) is 69.0 Å². The molecule has 0 amide bonds. The van der Waals surface area contributed by atoms with Crippen LogP contribution in [-0.4, -0.2) is 24.6 Å². The predicted octanol–water partition coefficient (Wildman–Crippen LogP) is 5.24. The van der Waals surface area contributed by atoms with Gasteiger partial charge < -0.3 is 0 Å².